The third-order valence-corrected chi connectivity index (χ3v) is 4.20. The van der Waals surface area contributed by atoms with Crippen molar-refractivity contribution in [1.29, 1.82) is 0 Å². The van der Waals surface area contributed by atoms with Crippen molar-refractivity contribution in [3.05, 3.63) is 0 Å². The van der Waals surface area contributed by atoms with Crippen LogP contribution >= 0.6 is 0 Å². The summed E-state index contributed by atoms with van der Waals surface area (Å²) in [5, 5.41) is 11.8. The van der Waals surface area contributed by atoms with Gasteiger partial charge in [0, 0.05) is 6.54 Å². The van der Waals surface area contributed by atoms with E-state index in [9.17, 15) is 9.59 Å². The number of hydrogen-bond donors (Lipinski definition) is 2. The Kier molecular flexibility index (Phi) is 7.15. The molecule has 5 nitrogen and oxygen atoms in total. The maximum absolute atomic E-state index is 12.1. The fourth-order valence-electron chi connectivity index (χ4n) is 2.50. The lowest BCUT2D eigenvalue weighted by Crippen LogP contribution is -2.40. The Morgan fingerprint density at radius 1 is 1.29 bits per heavy atom. The predicted octanol–water partition coefficient (Wildman–Crippen LogP) is 2.73. The average molecular weight is 299 g/mol. The van der Waals surface area contributed by atoms with Crippen LogP contribution < -0.4 is 5.32 Å². The normalized spacial score (nSPS) is 18.2. The molecule has 1 aliphatic carbocycles. The van der Waals surface area contributed by atoms with Crippen LogP contribution in [0.1, 0.15) is 65.7 Å². The van der Waals surface area contributed by atoms with Crippen LogP contribution in [0.4, 0.5) is 0 Å². The van der Waals surface area contributed by atoms with Gasteiger partial charge in [-0.2, -0.15) is 0 Å². The lowest BCUT2D eigenvalue weighted by Gasteiger charge is -2.27. The zero-order valence-corrected chi connectivity index (χ0v) is 13.5. The minimum Gasteiger partial charge on any atom is -0.481 e. The van der Waals surface area contributed by atoms with Gasteiger partial charge >= 0.3 is 5.97 Å². The number of amides is 1. The van der Waals surface area contributed by atoms with E-state index in [1.165, 1.54) is 19.3 Å². The molecule has 2 N–H and O–H groups in total. The van der Waals surface area contributed by atoms with E-state index >= 15 is 0 Å². The molecule has 0 bridgehead atoms. The van der Waals surface area contributed by atoms with E-state index in [-0.39, 0.29) is 12.0 Å². The van der Waals surface area contributed by atoms with E-state index in [1.54, 1.807) is 13.8 Å². The van der Waals surface area contributed by atoms with Gasteiger partial charge in [-0.15, -0.1) is 0 Å². The molecule has 1 saturated carbocycles. The van der Waals surface area contributed by atoms with Crippen molar-refractivity contribution in [3.8, 4) is 0 Å². The van der Waals surface area contributed by atoms with E-state index < -0.39 is 17.5 Å². The molecule has 0 spiro atoms. The van der Waals surface area contributed by atoms with Crippen LogP contribution in [0.15, 0.2) is 0 Å². The van der Waals surface area contributed by atoms with Crippen molar-refractivity contribution < 1.29 is 19.4 Å². The predicted molar refractivity (Wildman–Crippen MR) is 81.1 cm³/mol. The SMILES string of the molecule is CCC(OC1CCCCC1)C(=O)NCCC(C)(C)C(=O)O. The van der Waals surface area contributed by atoms with E-state index in [1.807, 2.05) is 6.92 Å². The van der Waals surface area contributed by atoms with Gasteiger partial charge in [0.15, 0.2) is 0 Å². The van der Waals surface area contributed by atoms with Gasteiger partial charge in [-0.1, -0.05) is 26.2 Å². The molecule has 0 heterocycles. The molecule has 1 rings (SSSR count). The number of nitrogens with one attached hydrogen (secondary N) is 1. The molecular formula is C16H29NO4. The summed E-state index contributed by atoms with van der Waals surface area (Å²) in [6, 6.07) is 0. The highest BCUT2D eigenvalue weighted by atomic mass is 16.5. The second-order valence-electron chi connectivity index (χ2n) is 6.52. The molecule has 0 aromatic carbocycles. The summed E-state index contributed by atoms with van der Waals surface area (Å²) >= 11 is 0. The van der Waals surface area contributed by atoms with Crippen LogP contribution in [0.5, 0.6) is 0 Å². The lowest BCUT2D eigenvalue weighted by atomic mass is 9.90. The Bertz CT molecular complexity index is 348. The second kappa shape index (κ2) is 8.37. The fraction of sp³-hybridized carbons (Fsp3) is 0.875. The van der Waals surface area contributed by atoms with Crippen LogP contribution in [-0.4, -0.2) is 35.7 Å². The highest BCUT2D eigenvalue weighted by Crippen LogP contribution is 2.22. The summed E-state index contributed by atoms with van der Waals surface area (Å²) in [4.78, 5) is 23.1. The van der Waals surface area contributed by atoms with Gasteiger partial charge in [0.1, 0.15) is 6.10 Å². The maximum atomic E-state index is 12.1. The number of aliphatic carboxylic acids is 1. The molecule has 21 heavy (non-hydrogen) atoms. The Hall–Kier alpha value is -1.10. The summed E-state index contributed by atoms with van der Waals surface area (Å²) in [6.45, 7) is 5.63. The molecule has 1 atom stereocenters. The zero-order valence-electron chi connectivity index (χ0n) is 13.5. The molecule has 0 aliphatic heterocycles. The summed E-state index contributed by atoms with van der Waals surface area (Å²) in [5.41, 5.74) is -0.820. The molecule has 122 valence electrons. The van der Waals surface area contributed by atoms with Crippen molar-refractivity contribution in [3.63, 3.8) is 0 Å². The molecule has 0 aromatic rings. The summed E-state index contributed by atoms with van der Waals surface area (Å²) in [5.74, 6) is -0.966. The van der Waals surface area contributed by atoms with E-state index in [0.717, 1.165) is 12.8 Å². The van der Waals surface area contributed by atoms with Crippen molar-refractivity contribution in [2.45, 2.75) is 77.9 Å². The Balaban J connectivity index is 2.35. The highest BCUT2D eigenvalue weighted by molar-refractivity contribution is 5.80. The Morgan fingerprint density at radius 3 is 2.43 bits per heavy atom. The number of ether oxygens (including phenoxy) is 1. The zero-order chi connectivity index (χ0) is 15.9. The quantitative estimate of drug-likeness (QED) is 0.722. The Morgan fingerprint density at radius 2 is 1.90 bits per heavy atom. The third-order valence-electron chi connectivity index (χ3n) is 4.20. The molecule has 0 radical (unpaired) electrons. The van der Waals surface area contributed by atoms with Crippen molar-refractivity contribution in [2.75, 3.05) is 6.54 Å². The van der Waals surface area contributed by atoms with Crippen molar-refractivity contribution in [2.24, 2.45) is 5.41 Å². The van der Waals surface area contributed by atoms with Crippen molar-refractivity contribution in [1.82, 2.24) is 5.32 Å². The van der Waals surface area contributed by atoms with Crippen molar-refractivity contribution >= 4 is 11.9 Å². The number of rotatable bonds is 8. The topological polar surface area (TPSA) is 75.6 Å². The number of carbonyl (C=O) groups is 2. The first-order valence-electron chi connectivity index (χ1n) is 8.03. The molecule has 5 heteroatoms. The monoisotopic (exact) mass is 299 g/mol. The lowest BCUT2D eigenvalue weighted by molar-refractivity contribution is -0.147. The van der Waals surface area contributed by atoms with Gasteiger partial charge in [-0.05, 0) is 39.5 Å². The van der Waals surface area contributed by atoms with Gasteiger partial charge in [0.05, 0.1) is 11.5 Å². The summed E-state index contributed by atoms with van der Waals surface area (Å²) in [6.07, 6.45) is 6.52. The van der Waals surface area contributed by atoms with Crippen LogP contribution in [0.3, 0.4) is 0 Å². The van der Waals surface area contributed by atoms with Gasteiger partial charge in [-0.3, -0.25) is 9.59 Å². The fourth-order valence-corrected chi connectivity index (χ4v) is 2.50. The third kappa shape index (κ3) is 6.04. The smallest absolute Gasteiger partial charge is 0.309 e. The molecular weight excluding hydrogens is 270 g/mol. The minimum absolute atomic E-state index is 0.121. The van der Waals surface area contributed by atoms with E-state index in [0.29, 0.717) is 19.4 Å². The number of carbonyl (C=O) groups excluding carboxylic acids is 1. The number of hydrogen-bond acceptors (Lipinski definition) is 3. The van der Waals surface area contributed by atoms with Crippen LogP contribution in [0, 0.1) is 5.41 Å². The van der Waals surface area contributed by atoms with Crippen LogP contribution in [0.2, 0.25) is 0 Å². The molecule has 1 aliphatic rings. The molecule has 1 amide bonds. The van der Waals surface area contributed by atoms with Crippen LogP contribution in [-0.2, 0) is 14.3 Å². The first kappa shape index (κ1) is 18.0. The second-order valence-corrected chi connectivity index (χ2v) is 6.52. The summed E-state index contributed by atoms with van der Waals surface area (Å²) in [7, 11) is 0. The first-order chi connectivity index (χ1) is 9.86. The molecule has 0 aromatic heterocycles. The molecule has 0 saturated heterocycles. The van der Waals surface area contributed by atoms with E-state index in [2.05, 4.69) is 5.32 Å². The average Bonchev–Trinajstić information content (AvgIpc) is 2.45. The van der Waals surface area contributed by atoms with Gasteiger partial charge in [0.2, 0.25) is 5.91 Å². The highest BCUT2D eigenvalue weighted by Gasteiger charge is 2.28. The minimum atomic E-state index is -0.845. The summed E-state index contributed by atoms with van der Waals surface area (Å²) < 4.78 is 5.90. The number of carboxylic acids is 1. The Labute approximate surface area is 127 Å². The van der Waals surface area contributed by atoms with Gasteiger partial charge in [-0.25, -0.2) is 0 Å². The largest absolute Gasteiger partial charge is 0.481 e. The van der Waals surface area contributed by atoms with E-state index in [4.69, 9.17) is 9.84 Å². The van der Waals surface area contributed by atoms with Gasteiger partial charge < -0.3 is 15.2 Å². The standard InChI is InChI=1S/C16H29NO4/c1-4-13(21-12-8-6-5-7-9-12)14(18)17-11-10-16(2,3)15(19)20/h12-13H,4-11H2,1-3H3,(H,17,18)(H,19,20). The van der Waals surface area contributed by atoms with Crippen LogP contribution in [0.25, 0.3) is 0 Å². The first-order valence-corrected chi connectivity index (χ1v) is 8.03. The molecule has 1 fully saturated rings. The molecule has 1 unspecified atom stereocenters. The van der Waals surface area contributed by atoms with Gasteiger partial charge in [0.25, 0.3) is 0 Å². The maximum Gasteiger partial charge on any atom is 0.309 e. The number of carboxylic acid groups (broad SMARTS) is 1.